The van der Waals surface area contributed by atoms with Crippen LogP contribution in [0.2, 0.25) is 0 Å². The molecule has 1 aliphatic heterocycles. The first kappa shape index (κ1) is 13.1. The number of carboxylic acid groups (broad SMARTS) is 1. The molecule has 1 aromatic rings. The van der Waals surface area contributed by atoms with Crippen molar-refractivity contribution in [2.75, 3.05) is 13.1 Å². The van der Waals surface area contributed by atoms with E-state index in [9.17, 15) is 19.7 Å². The van der Waals surface area contributed by atoms with Crippen LogP contribution in [-0.2, 0) is 11.8 Å². The van der Waals surface area contributed by atoms with Crippen molar-refractivity contribution in [2.24, 2.45) is 13.0 Å². The molecule has 1 amide bonds. The number of nitrogens with zero attached hydrogens (tertiary/aromatic N) is 3. The number of hydrogen-bond acceptors (Lipinski definition) is 4. The number of carbonyl (C=O) groups excluding carboxylic acids is 1. The highest BCUT2D eigenvalue weighted by Gasteiger charge is 2.34. The molecule has 2 heterocycles. The van der Waals surface area contributed by atoms with Gasteiger partial charge in [-0.3, -0.25) is 9.59 Å². The number of amides is 1. The Morgan fingerprint density at radius 1 is 1.47 bits per heavy atom. The Hall–Kier alpha value is -2.38. The molecule has 19 heavy (non-hydrogen) atoms. The molecule has 8 nitrogen and oxygen atoms in total. The topological polar surface area (TPSA) is 106 Å². The third kappa shape index (κ3) is 2.28. The molecule has 2 rings (SSSR count). The Morgan fingerprint density at radius 3 is 2.63 bits per heavy atom. The number of aromatic nitrogens is 1. The Labute approximate surface area is 108 Å². The Bertz CT molecular complexity index is 551. The number of carbonyl (C=O) groups is 2. The standard InChI is InChI=1S/C11H13N3O5/c1-12-8(2-3-9(12)14(18)19)10(15)13-5-4-7(6-13)11(16)17/h2-3,7H,4-6H2,1H3,(H,16,17). The number of rotatable bonds is 3. The van der Waals surface area contributed by atoms with E-state index in [0.717, 1.165) is 0 Å². The van der Waals surface area contributed by atoms with E-state index in [2.05, 4.69) is 0 Å². The SMILES string of the molecule is Cn1c(C(=O)N2CCC(C(=O)O)C2)ccc1[N+](=O)[O-]. The molecular weight excluding hydrogens is 254 g/mol. The number of carboxylic acids is 1. The molecule has 1 aromatic heterocycles. The van der Waals surface area contributed by atoms with Crippen LogP contribution < -0.4 is 0 Å². The van der Waals surface area contributed by atoms with Gasteiger partial charge < -0.3 is 20.1 Å². The van der Waals surface area contributed by atoms with Crippen molar-refractivity contribution in [3.05, 3.63) is 27.9 Å². The van der Waals surface area contributed by atoms with E-state index in [1.54, 1.807) is 0 Å². The van der Waals surface area contributed by atoms with E-state index in [1.165, 1.54) is 28.6 Å². The minimum absolute atomic E-state index is 0.146. The van der Waals surface area contributed by atoms with Gasteiger partial charge in [-0.25, -0.2) is 4.57 Å². The first-order valence-corrected chi connectivity index (χ1v) is 5.74. The van der Waals surface area contributed by atoms with Gasteiger partial charge in [0.1, 0.15) is 0 Å². The summed E-state index contributed by atoms with van der Waals surface area (Å²) in [5.74, 6) is -2.02. The van der Waals surface area contributed by atoms with Crippen molar-refractivity contribution in [1.82, 2.24) is 9.47 Å². The molecule has 0 spiro atoms. The van der Waals surface area contributed by atoms with E-state index in [-0.39, 0.29) is 24.0 Å². The zero-order chi connectivity index (χ0) is 14.2. The van der Waals surface area contributed by atoms with Gasteiger partial charge in [0.2, 0.25) is 0 Å². The number of aliphatic carboxylic acids is 1. The second-order valence-corrected chi connectivity index (χ2v) is 4.47. The lowest BCUT2D eigenvalue weighted by Crippen LogP contribution is -2.31. The largest absolute Gasteiger partial charge is 0.481 e. The molecule has 0 aliphatic carbocycles. The van der Waals surface area contributed by atoms with Gasteiger partial charge in [-0.15, -0.1) is 0 Å². The van der Waals surface area contributed by atoms with Gasteiger partial charge in [-0.05, 0) is 17.4 Å². The molecule has 102 valence electrons. The Kier molecular flexibility index (Phi) is 3.24. The van der Waals surface area contributed by atoms with Gasteiger partial charge in [0.05, 0.1) is 13.0 Å². The van der Waals surface area contributed by atoms with Crippen molar-refractivity contribution in [3.8, 4) is 0 Å². The molecule has 0 bridgehead atoms. The van der Waals surface area contributed by atoms with Crippen LogP contribution in [0.1, 0.15) is 16.9 Å². The Balaban J connectivity index is 2.17. The first-order valence-electron chi connectivity index (χ1n) is 5.74. The zero-order valence-corrected chi connectivity index (χ0v) is 10.3. The van der Waals surface area contributed by atoms with E-state index >= 15 is 0 Å². The lowest BCUT2D eigenvalue weighted by molar-refractivity contribution is -0.391. The molecule has 0 saturated carbocycles. The predicted octanol–water partition coefficient (Wildman–Crippen LogP) is 0.480. The van der Waals surface area contributed by atoms with Crippen molar-refractivity contribution < 1.29 is 19.6 Å². The van der Waals surface area contributed by atoms with Gasteiger partial charge in [0, 0.05) is 19.2 Å². The van der Waals surface area contributed by atoms with Crippen LogP contribution in [-0.4, -0.2) is 44.5 Å². The quantitative estimate of drug-likeness (QED) is 0.633. The number of hydrogen-bond donors (Lipinski definition) is 1. The van der Waals surface area contributed by atoms with Crippen LogP contribution in [0, 0.1) is 16.0 Å². The second kappa shape index (κ2) is 4.71. The molecule has 1 atom stereocenters. The Morgan fingerprint density at radius 2 is 2.16 bits per heavy atom. The minimum Gasteiger partial charge on any atom is -0.481 e. The van der Waals surface area contributed by atoms with Gasteiger partial charge in [-0.2, -0.15) is 0 Å². The fourth-order valence-corrected chi connectivity index (χ4v) is 2.21. The first-order chi connectivity index (χ1) is 8.91. The highest BCUT2D eigenvalue weighted by Crippen LogP contribution is 2.21. The number of nitro groups is 1. The molecule has 1 N–H and O–H groups in total. The summed E-state index contributed by atoms with van der Waals surface area (Å²) in [6, 6.07) is 2.65. The lowest BCUT2D eigenvalue weighted by atomic mass is 10.1. The average molecular weight is 267 g/mol. The van der Waals surface area contributed by atoms with Gasteiger partial charge >= 0.3 is 11.8 Å². The smallest absolute Gasteiger partial charge is 0.323 e. The highest BCUT2D eigenvalue weighted by molar-refractivity contribution is 5.94. The van der Waals surface area contributed by atoms with E-state index < -0.39 is 16.8 Å². The summed E-state index contributed by atoms with van der Waals surface area (Å²) in [5, 5.41) is 19.6. The third-order valence-corrected chi connectivity index (χ3v) is 3.33. The van der Waals surface area contributed by atoms with Crippen molar-refractivity contribution in [1.29, 1.82) is 0 Å². The van der Waals surface area contributed by atoms with E-state index in [1.807, 2.05) is 0 Å². The van der Waals surface area contributed by atoms with Crippen molar-refractivity contribution in [2.45, 2.75) is 6.42 Å². The number of likely N-dealkylation sites (tertiary alicyclic amines) is 1. The third-order valence-electron chi connectivity index (χ3n) is 3.33. The fourth-order valence-electron chi connectivity index (χ4n) is 2.21. The maximum absolute atomic E-state index is 12.2. The van der Waals surface area contributed by atoms with E-state index in [0.29, 0.717) is 13.0 Å². The van der Waals surface area contributed by atoms with Gasteiger partial charge in [-0.1, -0.05) is 0 Å². The monoisotopic (exact) mass is 267 g/mol. The summed E-state index contributed by atoms with van der Waals surface area (Å²) in [6.45, 7) is 0.502. The summed E-state index contributed by atoms with van der Waals surface area (Å²) < 4.78 is 1.20. The maximum atomic E-state index is 12.2. The molecule has 0 aromatic carbocycles. The average Bonchev–Trinajstić information content (AvgIpc) is 2.94. The summed E-state index contributed by atoms with van der Waals surface area (Å²) >= 11 is 0. The van der Waals surface area contributed by atoms with E-state index in [4.69, 9.17) is 5.11 Å². The minimum atomic E-state index is -0.923. The van der Waals surface area contributed by atoms with Crippen molar-refractivity contribution >= 4 is 17.7 Å². The van der Waals surface area contributed by atoms with Crippen LogP contribution in [0.5, 0.6) is 0 Å². The zero-order valence-electron chi connectivity index (χ0n) is 10.3. The predicted molar refractivity (Wildman–Crippen MR) is 63.7 cm³/mol. The molecular formula is C11H13N3O5. The highest BCUT2D eigenvalue weighted by atomic mass is 16.6. The molecule has 1 unspecified atom stereocenters. The molecule has 0 radical (unpaired) electrons. The van der Waals surface area contributed by atoms with Crippen LogP contribution in [0.3, 0.4) is 0 Å². The molecule has 8 heteroatoms. The second-order valence-electron chi connectivity index (χ2n) is 4.47. The van der Waals surface area contributed by atoms with Gasteiger partial charge in [0.15, 0.2) is 5.69 Å². The molecule has 1 saturated heterocycles. The van der Waals surface area contributed by atoms with Gasteiger partial charge in [0.25, 0.3) is 5.91 Å². The summed E-state index contributed by atoms with van der Waals surface area (Å²) in [5.41, 5.74) is 0.192. The summed E-state index contributed by atoms with van der Waals surface area (Å²) in [4.78, 5) is 34.5. The molecule has 1 aliphatic rings. The normalized spacial score (nSPS) is 18.6. The summed E-state index contributed by atoms with van der Waals surface area (Å²) in [6.07, 6.45) is 0.410. The van der Waals surface area contributed by atoms with Crippen LogP contribution >= 0.6 is 0 Å². The lowest BCUT2D eigenvalue weighted by Gasteiger charge is -2.14. The van der Waals surface area contributed by atoms with Crippen molar-refractivity contribution in [3.63, 3.8) is 0 Å². The maximum Gasteiger partial charge on any atom is 0.323 e. The van der Waals surface area contributed by atoms with Crippen LogP contribution in [0.25, 0.3) is 0 Å². The van der Waals surface area contributed by atoms with Crippen LogP contribution in [0.15, 0.2) is 12.1 Å². The fraction of sp³-hybridized carbons (Fsp3) is 0.455. The molecule has 1 fully saturated rings. The summed E-state index contributed by atoms with van der Waals surface area (Å²) in [7, 11) is 1.44. The van der Waals surface area contributed by atoms with Crippen LogP contribution in [0.4, 0.5) is 5.82 Å².